The van der Waals surface area contributed by atoms with Crippen LogP contribution in [0, 0.1) is 0 Å². The van der Waals surface area contributed by atoms with Crippen molar-refractivity contribution in [3.8, 4) is 5.75 Å². The zero-order valence-electron chi connectivity index (χ0n) is 12.3. The van der Waals surface area contributed by atoms with E-state index in [0.29, 0.717) is 11.7 Å². The Bertz CT molecular complexity index is 515. The van der Waals surface area contributed by atoms with Crippen LogP contribution in [0.1, 0.15) is 40.5 Å². The molecule has 2 heterocycles. The Morgan fingerprint density at radius 3 is 2.35 bits per heavy atom. The Morgan fingerprint density at radius 1 is 1.20 bits per heavy atom. The molecule has 20 heavy (non-hydrogen) atoms. The third-order valence-corrected chi connectivity index (χ3v) is 4.59. The summed E-state index contributed by atoms with van der Waals surface area (Å²) in [6, 6.07) is 3.81. The first kappa shape index (κ1) is 14.4. The molecular weight excluding hydrogens is 321 g/mol. The van der Waals surface area contributed by atoms with Crippen LogP contribution in [0.3, 0.4) is 0 Å². The van der Waals surface area contributed by atoms with Gasteiger partial charge in [-0.05, 0) is 68.6 Å². The summed E-state index contributed by atoms with van der Waals surface area (Å²) in [5.41, 5.74) is -0.0401. The van der Waals surface area contributed by atoms with Crippen molar-refractivity contribution in [1.82, 2.24) is 4.98 Å². The highest BCUT2D eigenvalue weighted by Gasteiger charge is 2.53. The standard InChI is InChI=1S/C14H19BBrNO3/c1-13(2)14(3,4)20-15(19-13)12-10(18-9-5-6-9)7-8-11(16)17-12/h7-9H,5-6H2,1-4H3. The van der Waals surface area contributed by atoms with Crippen LogP contribution in [-0.4, -0.2) is 29.4 Å². The maximum atomic E-state index is 6.06. The minimum absolute atomic E-state index is 0.319. The number of ether oxygens (including phenoxy) is 1. The largest absolute Gasteiger partial charge is 0.518 e. The highest BCUT2D eigenvalue weighted by atomic mass is 79.9. The second-order valence-electron chi connectivity index (χ2n) is 6.42. The van der Waals surface area contributed by atoms with Crippen molar-refractivity contribution >= 4 is 28.6 Å². The fraction of sp³-hybridized carbons (Fsp3) is 0.643. The zero-order chi connectivity index (χ0) is 14.5. The van der Waals surface area contributed by atoms with Crippen molar-refractivity contribution in [2.75, 3.05) is 0 Å². The lowest BCUT2D eigenvalue weighted by Gasteiger charge is -2.32. The van der Waals surface area contributed by atoms with Gasteiger partial charge in [0.05, 0.1) is 17.3 Å². The molecule has 1 aliphatic carbocycles. The molecule has 2 fully saturated rings. The first-order valence-corrected chi connectivity index (χ1v) is 7.76. The molecular formula is C14H19BBrNO3. The Labute approximate surface area is 128 Å². The number of rotatable bonds is 3. The summed E-state index contributed by atoms with van der Waals surface area (Å²) in [6.45, 7) is 8.14. The van der Waals surface area contributed by atoms with Gasteiger partial charge in [-0.25, -0.2) is 4.98 Å². The van der Waals surface area contributed by atoms with Crippen LogP contribution >= 0.6 is 15.9 Å². The molecule has 4 nitrogen and oxygen atoms in total. The van der Waals surface area contributed by atoms with Crippen molar-refractivity contribution in [1.29, 1.82) is 0 Å². The lowest BCUT2D eigenvalue weighted by atomic mass is 9.83. The van der Waals surface area contributed by atoms with Gasteiger partial charge in [-0.15, -0.1) is 0 Å². The van der Waals surface area contributed by atoms with E-state index in [0.717, 1.165) is 23.2 Å². The fourth-order valence-electron chi connectivity index (χ4n) is 2.03. The first-order valence-electron chi connectivity index (χ1n) is 6.97. The average Bonchev–Trinajstić information content (AvgIpc) is 3.10. The molecule has 1 saturated carbocycles. The van der Waals surface area contributed by atoms with Gasteiger partial charge < -0.3 is 14.0 Å². The summed E-state index contributed by atoms with van der Waals surface area (Å²) in [6.07, 6.45) is 2.54. The van der Waals surface area contributed by atoms with Gasteiger partial charge in [-0.3, -0.25) is 0 Å². The van der Waals surface area contributed by atoms with Gasteiger partial charge in [0.15, 0.2) is 0 Å². The summed E-state index contributed by atoms with van der Waals surface area (Å²) in [5.74, 6) is 0.759. The van der Waals surface area contributed by atoms with Crippen LogP contribution < -0.4 is 10.3 Å². The first-order chi connectivity index (χ1) is 9.28. The monoisotopic (exact) mass is 339 g/mol. The molecule has 0 radical (unpaired) electrons. The highest BCUT2D eigenvalue weighted by Crippen LogP contribution is 2.37. The van der Waals surface area contributed by atoms with Gasteiger partial charge in [-0.2, -0.15) is 0 Å². The Morgan fingerprint density at radius 2 is 1.80 bits per heavy atom. The summed E-state index contributed by atoms with van der Waals surface area (Å²) in [5, 5.41) is 0. The average molecular weight is 340 g/mol. The number of hydrogen-bond donors (Lipinski definition) is 0. The number of nitrogens with zero attached hydrogens (tertiary/aromatic N) is 1. The number of hydrogen-bond acceptors (Lipinski definition) is 4. The van der Waals surface area contributed by atoms with E-state index in [1.165, 1.54) is 0 Å². The molecule has 0 spiro atoms. The molecule has 2 aliphatic rings. The predicted octanol–water partition coefficient (Wildman–Crippen LogP) is 2.68. The molecule has 0 atom stereocenters. The van der Waals surface area contributed by atoms with Crippen LogP contribution in [0.2, 0.25) is 0 Å². The van der Waals surface area contributed by atoms with Crippen LogP contribution in [0.4, 0.5) is 0 Å². The van der Waals surface area contributed by atoms with E-state index in [-0.39, 0.29) is 11.2 Å². The van der Waals surface area contributed by atoms with E-state index in [2.05, 4.69) is 20.9 Å². The van der Waals surface area contributed by atoms with Crippen LogP contribution in [0.5, 0.6) is 5.75 Å². The second-order valence-corrected chi connectivity index (χ2v) is 7.24. The molecule has 108 valence electrons. The SMILES string of the molecule is CC1(C)OB(c2nc(Br)ccc2OC2CC2)OC1(C)C. The van der Waals surface area contributed by atoms with Gasteiger partial charge in [0, 0.05) is 0 Å². The molecule has 1 saturated heterocycles. The highest BCUT2D eigenvalue weighted by molar-refractivity contribution is 9.10. The fourth-order valence-corrected chi connectivity index (χ4v) is 2.35. The number of halogens is 1. The number of pyridine rings is 1. The molecule has 1 aliphatic heterocycles. The molecule has 0 aromatic carbocycles. The third kappa shape index (κ3) is 2.61. The van der Waals surface area contributed by atoms with Crippen molar-refractivity contribution in [2.45, 2.75) is 57.8 Å². The van der Waals surface area contributed by atoms with E-state index < -0.39 is 7.12 Å². The Kier molecular flexibility index (Phi) is 3.38. The quantitative estimate of drug-likeness (QED) is 0.627. The van der Waals surface area contributed by atoms with E-state index in [4.69, 9.17) is 14.0 Å². The summed E-state index contributed by atoms with van der Waals surface area (Å²) in [4.78, 5) is 4.51. The van der Waals surface area contributed by atoms with E-state index in [1.54, 1.807) is 0 Å². The molecule has 6 heteroatoms. The van der Waals surface area contributed by atoms with E-state index in [9.17, 15) is 0 Å². The second kappa shape index (κ2) is 4.72. The molecule has 0 bridgehead atoms. The normalized spacial score (nSPS) is 23.9. The van der Waals surface area contributed by atoms with E-state index >= 15 is 0 Å². The molecule has 3 rings (SSSR count). The molecule has 1 aromatic rings. The van der Waals surface area contributed by atoms with Gasteiger partial charge >= 0.3 is 7.12 Å². The molecule has 0 unspecified atom stereocenters. The van der Waals surface area contributed by atoms with Gasteiger partial charge in [0.25, 0.3) is 0 Å². The van der Waals surface area contributed by atoms with Crippen LogP contribution in [-0.2, 0) is 9.31 Å². The summed E-state index contributed by atoms with van der Waals surface area (Å²) in [7, 11) is -0.494. The molecule has 1 aromatic heterocycles. The summed E-state index contributed by atoms with van der Waals surface area (Å²) >= 11 is 3.40. The Balaban J connectivity index is 1.91. The zero-order valence-corrected chi connectivity index (χ0v) is 13.9. The van der Waals surface area contributed by atoms with Gasteiger partial charge in [-0.1, -0.05) is 0 Å². The lowest BCUT2D eigenvalue weighted by Crippen LogP contribution is -2.41. The minimum atomic E-state index is -0.494. The van der Waals surface area contributed by atoms with Crippen molar-refractivity contribution < 1.29 is 14.0 Å². The molecule has 0 N–H and O–H groups in total. The van der Waals surface area contributed by atoms with Crippen LogP contribution in [0.15, 0.2) is 16.7 Å². The summed E-state index contributed by atoms with van der Waals surface area (Å²) < 4.78 is 18.8. The minimum Gasteiger partial charge on any atom is -0.489 e. The van der Waals surface area contributed by atoms with Crippen molar-refractivity contribution in [3.63, 3.8) is 0 Å². The third-order valence-electron chi connectivity index (χ3n) is 4.15. The number of aromatic nitrogens is 1. The van der Waals surface area contributed by atoms with Gasteiger partial charge in [0.1, 0.15) is 15.9 Å². The lowest BCUT2D eigenvalue weighted by molar-refractivity contribution is 0.00578. The van der Waals surface area contributed by atoms with Crippen LogP contribution in [0.25, 0.3) is 0 Å². The van der Waals surface area contributed by atoms with Gasteiger partial charge in [0.2, 0.25) is 0 Å². The topological polar surface area (TPSA) is 40.6 Å². The smallest absolute Gasteiger partial charge is 0.489 e. The maximum absolute atomic E-state index is 6.06. The van der Waals surface area contributed by atoms with Crippen molar-refractivity contribution in [3.05, 3.63) is 16.7 Å². The predicted molar refractivity (Wildman–Crippen MR) is 81.3 cm³/mol. The van der Waals surface area contributed by atoms with Crippen molar-refractivity contribution in [2.24, 2.45) is 0 Å². The maximum Gasteiger partial charge on any atom is 0.518 e. The molecule has 0 amide bonds. The van der Waals surface area contributed by atoms with E-state index in [1.807, 2.05) is 39.8 Å². The Hall–Kier alpha value is -0.585.